The van der Waals surface area contributed by atoms with Gasteiger partial charge in [-0.05, 0) is 158 Å². The number of fused-ring (bicyclic) bond motifs is 3. The molecule has 19 atom stereocenters. The van der Waals surface area contributed by atoms with Crippen LogP contribution in [-0.2, 0) is 82.6 Å². The van der Waals surface area contributed by atoms with Gasteiger partial charge in [0, 0.05) is 87.8 Å². The average molecular weight is 1430 g/mol. The number of ether oxygens (including phenoxy) is 5. The van der Waals surface area contributed by atoms with Gasteiger partial charge in [-0.3, -0.25) is 33.6 Å². The normalized spacial score (nSPS) is 29.9. The maximum absolute atomic E-state index is 14.9. The number of allylic oxidation sites excluding steroid dienone is 3. The number of aliphatic carboxylic acids is 2. The molecule has 1 saturated carbocycles. The van der Waals surface area contributed by atoms with Crippen molar-refractivity contribution in [2.24, 2.45) is 53.3 Å². The number of rotatable bonds is 29. The van der Waals surface area contributed by atoms with Gasteiger partial charge in [0.1, 0.15) is 37.6 Å². The van der Waals surface area contributed by atoms with E-state index in [2.05, 4.69) is 15.2 Å². The van der Waals surface area contributed by atoms with Crippen LogP contribution >= 0.6 is 7.82 Å². The van der Waals surface area contributed by atoms with Crippen LogP contribution < -0.4 is 35.2 Å². The number of phosphoric acid groups is 1. The topological polar surface area (TPSA) is 444 Å². The van der Waals surface area contributed by atoms with Crippen molar-refractivity contribution in [3.63, 3.8) is 0 Å². The van der Waals surface area contributed by atoms with Gasteiger partial charge in [0.25, 0.3) is 11.7 Å². The quantitative estimate of drug-likeness (QED) is 0.0288. The van der Waals surface area contributed by atoms with Gasteiger partial charge < -0.3 is 98.3 Å². The molecule has 3 heterocycles. The average Bonchev–Trinajstić information content (AvgIpc) is 0.770. The number of amides is 3. The summed E-state index contributed by atoms with van der Waals surface area (Å²) in [6.07, 6.45) is -4.13. The zero-order valence-electron chi connectivity index (χ0n) is 59.2. The van der Waals surface area contributed by atoms with Crippen molar-refractivity contribution in [1.29, 1.82) is 0 Å². The number of benzene rings is 1. The van der Waals surface area contributed by atoms with Crippen molar-refractivity contribution >= 4 is 66.8 Å². The minimum absolute atomic E-state index is 0.0195. The molecule has 4 aliphatic rings. The highest BCUT2D eigenvalue weighted by atomic mass is 31.2. The lowest BCUT2D eigenvalue weighted by Gasteiger charge is -2.47. The van der Waals surface area contributed by atoms with Crippen molar-refractivity contribution in [2.75, 3.05) is 34.0 Å². The molecule has 5 rings (SSSR count). The summed E-state index contributed by atoms with van der Waals surface area (Å²) in [5, 5.41) is 74.0. The number of aliphatic hydroxyl groups is 4. The van der Waals surface area contributed by atoms with Crippen LogP contribution in [0, 0.1) is 53.3 Å². The molecule has 1 aromatic carbocycles. The van der Waals surface area contributed by atoms with Crippen LogP contribution in [0.15, 0.2) is 47.6 Å². The molecule has 1 unspecified atom stereocenters. The number of ketones is 3. The standard InChI is InChI=1S/C71H108N3O25P/c1-11-41(4)45(8)72-67(86)49(18-23-61(80)81)35-58(79)53(21-24-62(82)83)73-68(87)50(33-46-15-19-52(20-16-46)99-100(91,92)93)36-63(84)96-27-25-48-29-39(2)28-40(3)30-59(94-9)65-60(95-10)32-43(6)71(90,98-65)66(85)69(88)74-26-13-12-14-54(74)70(89)97-64(44(7)56(77)37-57(48)78)42(5)31-47-17-22-55(76)51(34-47)38-75/h15-16,19-20,29,31,40-41,43-45,47-51,53-56,59-60,64-65,75-77,90H,11-14,17-18,21-28,30,32-38H2,1-10H3,(H,72,86)(H,73,87)(H,80,81)(H,82,83)(H2,91,92,93)/p-4/b39-29+,42-31+/t40-,41?,43+,44+,45-,47-,48+,49-,50-,51-,53+,54-,55+,56-,59-,60-,64+,65+,71+/m0/s1. The highest BCUT2D eigenvalue weighted by Gasteiger charge is 2.57. The molecule has 0 spiro atoms. The molecule has 3 amide bonds. The summed E-state index contributed by atoms with van der Waals surface area (Å²) in [5.41, 5.74) is 1.36. The fraction of sp³-hybridized carbons (Fsp3) is 0.718. The third-order valence-electron chi connectivity index (χ3n) is 20.4. The zero-order chi connectivity index (χ0) is 74.5. The lowest BCUT2D eigenvalue weighted by atomic mass is 9.78. The lowest BCUT2D eigenvalue weighted by Crippen LogP contribution is -2.64. The highest BCUT2D eigenvalue weighted by Crippen LogP contribution is 2.40. The number of carboxylic acid groups (broad SMARTS) is 2. The van der Waals surface area contributed by atoms with E-state index in [4.69, 9.17) is 23.7 Å². The molecule has 562 valence electrons. The smallest absolute Gasteiger partial charge is 0.329 e. The molecule has 0 aromatic heterocycles. The summed E-state index contributed by atoms with van der Waals surface area (Å²) in [6, 6.07) is 1.44. The van der Waals surface area contributed by atoms with E-state index >= 15 is 0 Å². The third-order valence-corrected chi connectivity index (χ3v) is 20.8. The number of Topliss-reactive ketones (excluding diaryl/α,β-unsaturated/α-hetero) is 3. The molecule has 29 heteroatoms. The number of methoxy groups -OCH3 is 2. The minimum Gasteiger partial charge on any atom is -0.780 e. The number of hydrogen-bond acceptors (Lipinski definition) is 25. The van der Waals surface area contributed by atoms with E-state index in [0.717, 1.165) is 17.0 Å². The van der Waals surface area contributed by atoms with Gasteiger partial charge >= 0.3 is 11.9 Å². The molecule has 3 fully saturated rings. The maximum atomic E-state index is 14.9. The van der Waals surface area contributed by atoms with Crippen LogP contribution in [0.25, 0.3) is 0 Å². The molecule has 28 nitrogen and oxygen atoms in total. The van der Waals surface area contributed by atoms with E-state index in [9.17, 15) is 92.9 Å². The molecule has 2 saturated heterocycles. The second-order valence-corrected chi connectivity index (χ2v) is 29.2. The predicted octanol–water partition coefficient (Wildman–Crippen LogP) is 1.72. The summed E-state index contributed by atoms with van der Waals surface area (Å²) in [7, 11) is -2.66. The van der Waals surface area contributed by atoms with Crippen LogP contribution in [0.3, 0.4) is 0 Å². The third kappa shape index (κ3) is 25.0. The molecule has 6 N–H and O–H groups in total. The predicted molar refractivity (Wildman–Crippen MR) is 350 cm³/mol. The van der Waals surface area contributed by atoms with Crippen molar-refractivity contribution in [3.05, 3.63) is 53.1 Å². The maximum Gasteiger partial charge on any atom is 0.329 e. The number of aliphatic hydroxyl groups excluding tert-OH is 3. The Morgan fingerprint density at radius 1 is 0.840 bits per heavy atom. The van der Waals surface area contributed by atoms with E-state index in [1.807, 2.05) is 26.8 Å². The number of carbonyl (C=O) groups excluding carboxylic acids is 10. The molecule has 2 bridgehead atoms. The van der Waals surface area contributed by atoms with E-state index in [1.54, 1.807) is 40.7 Å². The molecule has 3 aliphatic heterocycles. The molecule has 0 radical (unpaired) electrons. The summed E-state index contributed by atoms with van der Waals surface area (Å²) in [6.45, 7) is 13.1. The van der Waals surface area contributed by atoms with Gasteiger partial charge in [0.15, 0.2) is 5.78 Å². The Kier molecular flexibility index (Phi) is 33.2. The summed E-state index contributed by atoms with van der Waals surface area (Å²) < 4.78 is 46.1. The number of nitrogens with zero attached hydrogens (tertiary/aromatic N) is 1. The monoisotopic (exact) mass is 1430 g/mol. The first-order valence-electron chi connectivity index (χ1n) is 34.9. The number of cyclic esters (lactones) is 1. The number of hydrogen-bond donors (Lipinski definition) is 6. The Bertz CT molecular complexity index is 3080. The van der Waals surface area contributed by atoms with Crippen LogP contribution in [0.1, 0.15) is 177 Å². The number of piperidine rings is 1. The van der Waals surface area contributed by atoms with Crippen molar-refractivity contribution in [2.45, 2.75) is 238 Å². The Morgan fingerprint density at radius 3 is 2.10 bits per heavy atom. The number of carboxylic acids is 2. The van der Waals surface area contributed by atoms with Crippen molar-refractivity contribution in [3.8, 4) is 5.75 Å². The fourth-order valence-corrected chi connectivity index (χ4v) is 14.4. The first-order chi connectivity index (χ1) is 47.0. The van der Waals surface area contributed by atoms with Crippen molar-refractivity contribution in [1.82, 2.24) is 15.5 Å². The summed E-state index contributed by atoms with van der Waals surface area (Å²) in [4.78, 5) is 163. The SMILES string of the molecule is CCC(C)[C@H](C)NC(=O)[C@@H](CCC(=O)[O-])CC(=O)[C@@H](CCC(=O)[O-])NC(=O)[C@H](CC(=O)OCC[C@@H]1/C=C(\C)C[C@H](C)C[C@H](OC)[C@H]2O[C@@](O)(C(=O)C(=O)N3CCCC[C@H]3C(=O)O[C@H](/C(C)=C/[C@@H]3CC[C@@H](O)[C@H](CO)C3)[C@H](C)[C@@H](O)CC1=O)[C@H](C)C[C@@H]2OC)Cc1ccc(OP(=O)([O-])[O-])cc1. The van der Waals surface area contributed by atoms with Gasteiger partial charge in [-0.15, -0.1) is 0 Å². The Hall–Kier alpha value is -6.33. The van der Waals surface area contributed by atoms with Crippen LogP contribution in [0.5, 0.6) is 5.75 Å². The molecular weight excluding hydrogens is 1330 g/mol. The molecular formula is C71H104N3O25P-4. The molecule has 100 heavy (non-hydrogen) atoms. The molecule has 1 aromatic rings. The van der Waals surface area contributed by atoms with Gasteiger partial charge in [-0.25, -0.2) is 4.79 Å². The Morgan fingerprint density at radius 2 is 1.48 bits per heavy atom. The number of esters is 2. The van der Waals surface area contributed by atoms with E-state index in [-0.39, 0.29) is 80.7 Å². The minimum atomic E-state index is -5.51. The first kappa shape index (κ1) is 84.3. The molecule has 1 aliphatic carbocycles. The second-order valence-electron chi connectivity index (χ2n) is 28.1. The lowest BCUT2D eigenvalue weighted by molar-refractivity contribution is -0.334. The van der Waals surface area contributed by atoms with Crippen LogP contribution in [0.2, 0.25) is 0 Å². The van der Waals surface area contributed by atoms with Gasteiger partial charge in [0.2, 0.25) is 17.6 Å². The fourth-order valence-electron chi connectivity index (χ4n) is 14.0. The Balaban J connectivity index is 1.51. The second kappa shape index (κ2) is 39.4. The van der Waals surface area contributed by atoms with E-state index < -0.39 is 208 Å². The zero-order valence-corrected chi connectivity index (χ0v) is 60.1. The first-order valence-corrected chi connectivity index (χ1v) is 36.3. The summed E-state index contributed by atoms with van der Waals surface area (Å²) in [5.74, 6) is -20.5. The van der Waals surface area contributed by atoms with Crippen molar-refractivity contribution < 1.29 is 121 Å². The number of phosphoric ester groups is 1. The highest BCUT2D eigenvalue weighted by molar-refractivity contribution is 7.43. The van der Waals surface area contributed by atoms with Gasteiger partial charge in [-0.1, -0.05) is 70.9 Å². The van der Waals surface area contributed by atoms with E-state index in [0.29, 0.717) is 56.1 Å². The summed E-state index contributed by atoms with van der Waals surface area (Å²) >= 11 is 0. The largest absolute Gasteiger partial charge is 0.780 e. The Labute approximate surface area is 585 Å². The van der Waals surface area contributed by atoms with Crippen LogP contribution in [-0.4, -0.2) is 179 Å². The number of nitrogens with one attached hydrogen (secondary N) is 2. The van der Waals surface area contributed by atoms with Crippen LogP contribution in [0.4, 0.5) is 0 Å². The van der Waals surface area contributed by atoms with Gasteiger partial charge in [0.05, 0.1) is 49.4 Å². The van der Waals surface area contributed by atoms with E-state index in [1.165, 1.54) is 26.4 Å². The van der Waals surface area contributed by atoms with Gasteiger partial charge in [-0.2, -0.15) is 0 Å². The number of carbonyl (C=O) groups is 10.